The molecule has 1 heterocycles. The van der Waals surface area contributed by atoms with Gasteiger partial charge in [-0.3, -0.25) is 4.79 Å². The summed E-state index contributed by atoms with van der Waals surface area (Å²) in [6.45, 7) is 10.7. The Morgan fingerprint density at radius 3 is 2.81 bits per heavy atom. The molecule has 1 fully saturated rings. The Hall–Kier alpha value is -1.55. The van der Waals surface area contributed by atoms with Crippen LogP contribution in [0, 0.1) is 18.8 Å². The Morgan fingerprint density at radius 1 is 1.48 bits per heavy atom. The van der Waals surface area contributed by atoms with E-state index < -0.39 is 0 Å². The second kappa shape index (κ2) is 7.46. The molecule has 1 aliphatic rings. The average molecular weight is 289 g/mol. The number of carbonyl (C=O) groups excluding carboxylic acids is 1. The summed E-state index contributed by atoms with van der Waals surface area (Å²) in [5.74, 6) is 0.797. The first kappa shape index (κ1) is 15.8. The largest absolute Gasteiger partial charge is 0.370 e. The lowest BCUT2D eigenvalue weighted by atomic mass is 9.88. The van der Waals surface area contributed by atoms with E-state index in [1.807, 2.05) is 6.92 Å². The van der Waals surface area contributed by atoms with Gasteiger partial charge in [0.05, 0.1) is 0 Å². The number of benzene rings is 1. The number of carbonyl (C=O) groups is 1. The third-order valence-corrected chi connectivity index (χ3v) is 4.36. The van der Waals surface area contributed by atoms with E-state index in [1.54, 1.807) is 0 Å². The van der Waals surface area contributed by atoms with Crippen LogP contribution in [0.25, 0.3) is 0 Å². The van der Waals surface area contributed by atoms with Gasteiger partial charge in [-0.25, -0.2) is 0 Å². The Kier molecular flexibility index (Phi) is 5.62. The Morgan fingerprint density at radius 2 is 2.24 bits per heavy atom. The number of amides is 1. The quantitative estimate of drug-likeness (QED) is 0.804. The van der Waals surface area contributed by atoms with Crippen molar-refractivity contribution in [3.8, 4) is 0 Å². The molecule has 0 saturated carbocycles. The second-order valence-electron chi connectivity index (χ2n) is 5.92. The summed E-state index contributed by atoms with van der Waals surface area (Å²) in [7, 11) is 0. The fraction of sp³-hybridized carbons (Fsp3) is 0.588. The van der Waals surface area contributed by atoms with E-state index in [-0.39, 0.29) is 11.8 Å². The fourth-order valence-corrected chi connectivity index (χ4v) is 2.65. The second-order valence-corrected chi connectivity index (χ2v) is 5.92. The van der Waals surface area contributed by atoms with E-state index >= 15 is 0 Å². The van der Waals surface area contributed by atoms with Crippen molar-refractivity contribution in [2.75, 3.05) is 37.6 Å². The molecule has 2 rings (SSSR count). The average Bonchev–Trinajstić information content (AvgIpc) is 2.41. The SMILES string of the molecule is CCN(CCNC(=O)C(C)C1CNC1)c1cccc(C)c1. The lowest BCUT2D eigenvalue weighted by molar-refractivity contribution is -0.126. The molecule has 1 amide bonds. The molecule has 1 saturated heterocycles. The van der Waals surface area contributed by atoms with Gasteiger partial charge in [0.1, 0.15) is 0 Å². The zero-order valence-electron chi connectivity index (χ0n) is 13.4. The van der Waals surface area contributed by atoms with E-state index in [4.69, 9.17) is 0 Å². The van der Waals surface area contributed by atoms with Gasteiger partial charge in [-0.2, -0.15) is 0 Å². The molecule has 0 spiro atoms. The van der Waals surface area contributed by atoms with Gasteiger partial charge in [0.25, 0.3) is 0 Å². The standard InChI is InChI=1S/C17H27N3O/c1-4-20(16-7-5-6-13(2)10-16)9-8-19-17(21)14(3)15-11-18-12-15/h5-7,10,14-15,18H,4,8-9,11-12H2,1-3H3,(H,19,21). The van der Waals surface area contributed by atoms with E-state index in [2.05, 4.69) is 53.6 Å². The van der Waals surface area contributed by atoms with Gasteiger partial charge in [0, 0.05) is 31.2 Å². The number of nitrogens with one attached hydrogen (secondary N) is 2. The third-order valence-electron chi connectivity index (χ3n) is 4.36. The minimum atomic E-state index is 0.111. The maximum atomic E-state index is 12.1. The number of likely N-dealkylation sites (N-methyl/N-ethyl adjacent to an activating group) is 1. The monoisotopic (exact) mass is 289 g/mol. The zero-order valence-corrected chi connectivity index (χ0v) is 13.4. The normalized spacial score (nSPS) is 16.1. The van der Waals surface area contributed by atoms with Crippen molar-refractivity contribution in [1.82, 2.24) is 10.6 Å². The predicted molar refractivity (Wildman–Crippen MR) is 87.6 cm³/mol. The van der Waals surface area contributed by atoms with Crippen LogP contribution < -0.4 is 15.5 Å². The molecule has 4 nitrogen and oxygen atoms in total. The molecule has 2 N–H and O–H groups in total. The fourth-order valence-electron chi connectivity index (χ4n) is 2.65. The van der Waals surface area contributed by atoms with E-state index in [0.29, 0.717) is 12.5 Å². The van der Waals surface area contributed by atoms with Crippen LogP contribution in [0.5, 0.6) is 0 Å². The number of rotatable bonds is 7. The maximum Gasteiger partial charge on any atom is 0.223 e. The van der Waals surface area contributed by atoms with Crippen LogP contribution in [0.2, 0.25) is 0 Å². The van der Waals surface area contributed by atoms with Crippen LogP contribution in [0.3, 0.4) is 0 Å². The molecular formula is C17H27N3O. The van der Waals surface area contributed by atoms with Gasteiger partial charge < -0.3 is 15.5 Å². The van der Waals surface area contributed by atoms with Crippen LogP contribution in [0.15, 0.2) is 24.3 Å². The highest BCUT2D eigenvalue weighted by Gasteiger charge is 2.28. The van der Waals surface area contributed by atoms with Crippen molar-refractivity contribution in [3.63, 3.8) is 0 Å². The Bertz CT molecular complexity index is 471. The van der Waals surface area contributed by atoms with Gasteiger partial charge in [-0.1, -0.05) is 19.1 Å². The molecule has 0 aromatic heterocycles. The zero-order chi connectivity index (χ0) is 15.2. The summed E-state index contributed by atoms with van der Waals surface area (Å²) in [6, 6.07) is 8.50. The molecule has 0 radical (unpaired) electrons. The van der Waals surface area contributed by atoms with E-state index in [1.165, 1.54) is 11.3 Å². The molecule has 0 bridgehead atoms. The van der Waals surface area contributed by atoms with Crippen LogP contribution >= 0.6 is 0 Å². The summed E-state index contributed by atoms with van der Waals surface area (Å²) in [6.07, 6.45) is 0. The van der Waals surface area contributed by atoms with Crippen molar-refractivity contribution in [1.29, 1.82) is 0 Å². The van der Waals surface area contributed by atoms with Crippen LogP contribution in [-0.2, 0) is 4.79 Å². The van der Waals surface area contributed by atoms with Gasteiger partial charge in [-0.15, -0.1) is 0 Å². The van der Waals surface area contributed by atoms with Crippen LogP contribution in [0.1, 0.15) is 19.4 Å². The third kappa shape index (κ3) is 4.21. The highest BCUT2D eigenvalue weighted by molar-refractivity contribution is 5.78. The summed E-state index contributed by atoms with van der Waals surface area (Å²) < 4.78 is 0. The Balaban J connectivity index is 1.79. The van der Waals surface area contributed by atoms with Crippen molar-refractivity contribution >= 4 is 11.6 Å². The molecule has 1 atom stereocenters. The number of anilines is 1. The summed E-state index contributed by atoms with van der Waals surface area (Å²) in [5, 5.41) is 6.29. The molecule has 0 aliphatic carbocycles. The predicted octanol–water partition coefficient (Wildman–Crippen LogP) is 1.79. The number of hydrogen-bond acceptors (Lipinski definition) is 3. The Labute approximate surface area is 127 Å². The first-order valence-electron chi connectivity index (χ1n) is 7.92. The van der Waals surface area contributed by atoms with Crippen molar-refractivity contribution in [2.24, 2.45) is 11.8 Å². The van der Waals surface area contributed by atoms with Gasteiger partial charge in [-0.05, 0) is 50.6 Å². The number of hydrogen-bond donors (Lipinski definition) is 2. The van der Waals surface area contributed by atoms with Crippen LogP contribution in [0.4, 0.5) is 5.69 Å². The molecule has 21 heavy (non-hydrogen) atoms. The highest BCUT2D eigenvalue weighted by atomic mass is 16.1. The van der Waals surface area contributed by atoms with Crippen LogP contribution in [-0.4, -0.2) is 38.6 Å². The maximum absolute atomic E-state index is 12.1. The number of aryl methyl sites for hydroxylation is 1. The lowest BCUT2D eigenvalue weighted by Crippen LogP contribution is -2.50. The molecule has 1 aromatic carbocycles. The molecule has 1 aromatic rings. The first-order chi connectivity index (χ1) is 10.1. The topological polar surface area (TPSA) is 44.4 Å². The molecule has 1 unspecified atom stereocenters. The molecule has 116 valence electrons. The highest BCUT2D eigenvalue weighted by Crippen LogP contribution is 2.16. The molecule has 4 heteroatoms. The number of nitrogens with zero attached hydrogens (tertiary/aromatic N) is 1. The van der Waals surface area contributed by atoms with Crippen molar-refractivity contribution in [3.05, 3.63) is 29.8 Å². The van der Waals surface area contributed by atoms with E-state index in [0.717, 1.165) is 26.2 Å². The van der Waals surface area contributed by atoms with E-state index in [9.17, 15) is 4.79 Å². The summed E-state index contributed by atoms with van der Waals surface area (Å²) in [4.78, 5) is 14.4. The smallest absolute Gasteiger partial charge is 0.223 e. The van der Waals surface area contributed by atoms with Gasteiger partial charge >= 0.3 is 0 Å². The first-order valence-corrected chi connectivity index (χ1v) is 7.92. The lowest BCUT2D eigenvalue weighted by Gasteiger charge is -2.32. The van der Waals surface area contributed by atoms with Gasteiger partial charge in [0.2, 0.25) is 5.91 Å². The van der Waals surface area contributed by atoms with Crippen molar-refractivity contribution < 1.29 is 4.79 Å². The minimum Gasteiger partial charge on any atom is -0.370 e. The van der Waals surface area contributed by atoms with Gasteiger partial charge in [0.15, 0.2) is 0 Å². The summed E-state index contributed by atoms with van der Waals surface area (Å²) >= 11 is 0. The molecular weight excluding hydrogens is 262 g/mol. The summed E-state index contributed by atoms with van der Waals surface area (Å²) in [5.41, 5.74) is 2.49. The van der Waals surface area contributed by atoms with Crippen molar-refractivity contribution in [2.45, 2.75) is 20.8 Å². The molecule has 1 aliphatic heterocycles. The minimum absolute atomic E-state index is 0.111.